The minimum atomic E-state index is -1.36. The number of anilines is 1. The van der Waals surface area contributed by atoms with Gasteiger partial charge in [0.1, 0.15) is 10.8 Å². The number of thiazole rings is 1. The molecule has 0 aliphatic heterocycles. The molecule has 0 radical (unpaired) electrons. The quantitative estimate of drug-likeness (QED) is 0.692. The molecule has 8 heteroatoms. The van der Waals surface area contributed by atoms with E-state index in [1.807, 2.05) is 0 Å². The lowest BCUT2D eigenvalue weighted by Gasteiger charge is -2.06. The maximum Gasteiger partial charge on any atom is 0.231 e. The van der Waals surface area contributed by atoms with Gasteiger partial charge >= 0.3 is 0 Å². The van der Waals surface area contributed by atoms with Crippen molar-refractivity contribution in [3.8, 4) is 0 Å². The van der Waals surface area contributed by atoms with Crippen molar-refractivity contribution in [3.63, 3.8) is 0 Å². The molecule has 0 bridgehead atoms. The molecule has 20 heavy (non-hydrogen) atoms. The Balaban J connectivity index is 2.08. The van der Waals surface area contributed by atoms with Gasteiger partial charge in [-0.1, -0.05) is 0 Å². The van der Waals surface area contributed by atoms with E-state index in [0.717, 1.165) is 0 Å². The number of benzene rings is 1. The minimum absolute atomic E-state index is 0.126. The fourth-order valence-electron chi connectivity index (χ4n) is 1.47. The van der Waals surface area contributed by atoms with Gasteiger partial charge in [-0.05, 0) is 0 Å². The van der Waals surface area contributed by atoms with E-state index < -0.39 is 29.0 Å². The van der Waals surface area contributed by atoms with Crippen LogP contribution in [-0.4, -0.2) is 10.9 Å². The fraction of sp³-hybridized carbons (Fsp3) is 0.167. The number of amides is 1. The molecule has 1 amide bonds. The summed E-state index contributed by atoms with van der Waals surface area (Å²) < 4.78 is 39.3. The zero-order valence-corrected chi connectivity index (χ0v) is 11.5. The first-order valence-electron chi connectivity index (χ1n) is 5.43. The van der Waals surface area contributed by atoms with E-state index in [1.165, 1.54) is 11.3 Å². The zero-order valence-electron chi connectivity index (χ0n) is 9.92. The third-order valence-corrected chi connectivity index (χ3v) is 3.49. The lowest BCUT2D eigenvalue weighted by atomic mass is 10.2. The van der Waals surface area contributed by atoms with Crippen LogP contribution < -0.4 is 5.32 Å². The van der Waals surface area contributed by atoms with E-state index >= 15 is 0 Å². The van der Waals surface area contributed by atoms with Gasteiger partial charge in [0.25, 0.3) is 0 Å². The molecule has 0 fully saturated rings. The van der Waals surface area contributed by atoms with Crippen LogP contribution in [0, 0.1) is 17.5 Å². The Labute approximate surface area is 121 Å². The average Bonchev–Trinajstić information content (AvgIpc) is 2.82. The number of halogens is 4. The molecule has 0 atom stereocenters. The molecule has 2 aromatic rings. The summed E-state index contributed by atoms with van der Waals surface area (Å²) in [6.07, 6.45) is -0.126. The van der Waals surface area contributed by atoms with Crippen LogP contribution in [0.5, 0.6) is 0 Å². The van der Waals surface area contributed by atoms with Crippen molar-refractivity contribution in [1.29, 1.82) is 0 Å². The van der Waals surface area contributed by atoms with E-state index in [2.05, 4.69) is 10.3 Å². The first-order chi connectivity index (χ1) is 9.49. The Morgan fingerprint density at radius 3 is 2.75 bits per heavy atom. The van der Waals surface area contributed by atoms with Gasteiger partial charge in [0.05, 0.1) is 23.7 Å². The molecule has 1 heterocycles. The van der Waals surface area contributed by atoms with Crippen LogP contribution in [0.1, 0.15) is 10.7 Å². The maximum atomic E-state index is 13.4. The number of alkyl halides is 1. The summed E-state index contributed by atoms with van der Waals surface area (Å²) in [5.74, 6) is -4.04. The SMILES string of the molecule is O=C(Cc1nc(CCl)cs1)Nc1cc(F)cc(F)c1F. The number of carbonyl (C=O) groups excluding carboxylic acids is 1. The monoisotopic (exact) mass is 320 g/mol. The fourth-order valence-corrected chi connectivity index (χ4v) is 2.49. The summed E-state index contributed by atoms with van der Waals surface area (Å²) in [7, 11) is 0. The normalized spacial score (nSPS) is 10.6. The smallest absolute Gasteiger partial charge is 0.231 e. The number of nitrogens with one attached hydrogen (secondary N) is 1. The highest BCUT2D eigenvalue weighted by molar-refractivity contribution is 7.09. The molecule has 1 N–H and O–H groups in total. The summed E-state index contributed by atoms with van der Waals surface area (Å²) in [4.78, 5) is 15.7. The van der Waals surface area contributed by atoms with Crippen molar-refractivity contribution >= 4 is 34.5 Å². The molecule has 2 rings (SSSR count). The van der Waals surface area contributed by atoms with Gasteiger partial charge in [-0.25, -0.2) is 18.2 Å². The Bertz CT molecular complexity index is 648. The van der Waals surface area contributed by atoms with Gasteiger partial charge in [-0.15, -0.1) is 22.9 Å². The Hall–Kier alpha value is -1.60. The zero-order chi connectivity index (χ0) is 14.7. The molecular weight excluding hydrogens is 313 g/mol. The van der Waals surface area contributed by atoms with E-state index in [9.17, 15) is 18.0 Å². The number of carbonyl (C=O) groups is 1. The largest absolute Gasteiger partial charge is 0.323 e. The molecule has 1 aromatic carbocycles. The molecule has 1 aromatic heterocycles. The first-order valence-corrected chi connectivity index (χ1v) is 6.84. The third kappa shape index (κ3) is 3.49. The maximum absolute atomic E-state index is 13.4. The highest BCUT2D eigenvalue weighted by Crippen LogP contribution is 2.20. The second-order valence-corrected chi connectivity index (χ2v) is 5.05. The van der Waals surface area contributed by atoms with E-state index in [1.54, 1.807) is 5.38 Å². The van der Waals surface area contributed by atoms with E-state index in [0.29, 0.717) is 22.8 Å². The standard InChI is InChI=1S/C12H8ClF3N2OS/c13-4-7-5-20-11(17-7)3-10(19)18-9-2-6(14)1-8(15)12(9)16/h1-2,5H,3-4H2,(H,18,19). The molecule has 3 nitrogen and oxygen atoms in total. The molecule has 0 aliphatic carbocycles. The van der Waals surface area contributed by atoms with Crippen LogP contribution in [0.4, 0.5) is 18.9 Å². The lowest BCUT2D eigenvalue weighted by Crippen LogP contribution is -2.16. The van der Waals surface area contributed by atoms with Gasteiger partial charge < -0.3 is 5.32 Å². The van der Waals surface area contributed by atoms with Crippen LogP contribution in [0.3, 0.4) is 0 Å². The number of hydrogen-bond acceptors (Lipinski definition) is 3. The van der Waals surface area contributed by atoms with Crippen LogP contribution in [-0.2, 0) is 17.1 Å². The van der Waals surface area contributed by atoms with E-state index in [4.69, 9.17) is 11.6 Å². The van der Waals surface area contributed by atoms with Crippen molar-refractivity contribution in [2.24, 2.45) is 0 Å². The van der Waals surface area contributed by atoms with Crippen LogP contribution in [0.2, 0.25) is 0 Å². The van der Waals surface area contributed by atoms with Gasteiger partial charge in [0.15, 0.2) is 11.6 Å². The third-order valence-electron chi connectivity index (χ3n) is 2.32. The van der Waals surface area contributed by atoms with Crippen molar-refractivity contribution in [2.75, 3.05) is 5.32 Å². The number of rotatable bonds is 4. The predicted octanol–water partition coefficient (Wildman–Crippen LogP) is 3.48. The molecule has 106 valence electrons. The van der Waals surface area contributed by atoms with Crippen LogP contribution in [0.25, 0.3) is 0 Å². The molecule has 0 spiro atoms. The van der Waals surface area contributed by atoms with Crippen molar-refractivity contribution in [1.82, 2.24) is 4.98 Å². The summed E-state index contributed by atoms with van der Waals surface area (Å²) >= 11 is 6.80. The van der Waals surface area contributed by atoms with Crippen LogP contribution in [0.15, 0.2) is 17.5 Å². The molecule has 0 unspecified atom stereocenters. The van der Waals surface area contributed by atoms with Crippen molar-refractivity contribution in [3.05, 3.63) is 45.7 Å². The number of aromatic nitrogens is 1. The van der Waals surface area contributed by atoms with E-state index in [-0.39, 0.29) is 12.3 Å². The summed E-state index contributed by atoms with van der Waals surface area (Å²) in [6, 6.07) is 1.11. The molecule has 0 aliphatic rings. The Morgan fingerprint density at radius 2 is 2.10 bits per heavy atom. The summed E-state index contributed by atoms with van der Waals surface area (Å²) in [6.45, 7) is 0. The lowest BCUT2D eigenvalue weighted by molar-refractivity contribution is -0.115. The molecular formula is C12H8ClF3N2OS. The Kier molecular flexibility index (Phi) is 4.61. The van der Waals surface area contributed by atoms with Gasteiger partial charge in [0, 0.05) is 17.5 Å². The molecule has 0 saturated carbocycles. The number of hydrogen-bond donors (Lipinski definition) is 1. The second kappa shape index (κ2) is 6.23. The average molecular weight is 321 g/mol. The van der Waals surface area contributed by atoms with Crippen molar-refractivity contribution < 1.29 is 18.0 Å². The van der Waals surface area contributed by atoms with Gasteiger partial charge in [-0.3, -0.25) is 4.79 Å². The van der Waals surface area contributed by atoms with Gasteiger partial charge in [0.2, 0.25) is 5.91 Å². The van der Waals surface area contributed by atoms with Crippen LogP contribution >= 0.6 is 22.9 Å². The number of nitrogens with zero attached hydrogens (tertiary/aromatic N) is 1. The Morgan fingerprint density at radius 1 is 1.35 bits per heavy atom. The summed E-state index contributed by atoms with van der Waals surface area (Å²) in [5, 5.41) is 4.28. The predicted molar refractivity (Wildman–Crippen MR) is 70.3 cm³/mol. The topological polar surface area (TPSA) is 42.0 Å². The first kappa shape index (κ1) is 14.8. The minimum Gasteiger partial charge on any atom is -0.323 e. The highest BCUT2D eigenvalue weighted by Gasteiger charge is 2.14. The van der Waals surface area contributed by atoms with Gasteiger partial charge in [-0.2, -0.15) is 0 Å². The summed E-state index contributed by atoms with van der Waals surface area (Å²) in [5.41, 5.74) is 0.0871. The second-order valence-electron chi connectivity index (χ2n) is 3.84. The highest BCUT2D eigenvalue weighted by atomic mass is 35.5. The van der Waals surface area contributed by atoms with Crippen molar-refractivity contribution in [2.45, 2.75) is 12.3 Å². The molecule has 0 saturated heterocycles.